The zero-order valence-electron chi connectivity index (χ0n) is 33.6. The zero-order valence-corrected chi connectivity index (χ0v) is 33.6. The number of hydrogen-bond donors (Lipinski definition) is 0. The summed E-state index contributed by atoms with van der Waals surface area (Å²) >= 11 is 0. The molecule has 7 heteroatoms. The average Bonchev–Trinajstić information content (AvgIpc) is 2.94. The number of esters is 1. The molecular formula is C40H77NO6. The highest BCUT2D eigenvalue weighted by Gasteiger charge is 2.51. The largest absolute Gasteiger partial charge is 0.463 e. The number of carbonyl (C=O) groups excluding carboxylic acids is 1. The number of hydrogen-bond acceptors (Lipinski definition) is 7. The van der Waals surface area contributed by atoms with Gasteiger partial charge in [0.15, 0.2) is 12.6 Å². The molecule has 3 heterocycles. The van der Waals surface area contributed by atoms with E-state index in [9.17, 15) is 4.79 Å². The summed E-state index contributed by atoms with van der Waals surface area (Å²) in [5.74, 6) is 2.30. The molecule has 0 amide bonds. The molecule has 0 atom stereocenters. The lowest BCUT2D eigenvalue weighted by Gasteiger charge is -2.60. The van der Waals surface area contributed by atoms with Crippen LogP contribution >= 0.6 is 0 Å². The molecule has 0 aromatic heterocycles. The third-order valence-electron chi connectivity index (χ3n) is 11.4. The molecule has 278 valence electrons. The van der Waals surface area contributed by atoms with Crippen LogP contribution in [0.5, 0.6) is 0 Å². The number of piperidine rings is 1. The lowest BCUT2D eigenvalue weighted by atomic mass is 9.54. The van der Waals surface area contributed by atoms with Crippen molar-refractivity contribution >= 4 is 5.97 Å². The van der Waals surface area contributed by atoms with Crippen LogP contribution in [-0.4, -0.2) is 73.6 Å². The minimum absolute atomic E-state index is 0.0421. The number of nitrogens with zero attached hydrogens (tertiary/aromatic N) is 1. The number of ether oxygens (including phenoxy) is 5. The third-order valence-corrected chi connectivity index (χ3v) is 11.4. The normalized spacial score (nSPS) is 33.3. The first-order valence-corrected chi connectivity index (χ1v) is 19.1. The Hall–Kier alpha value is -0.730. The molecule has 4 fully saturated rings. The van der Waals surface area contributed by atoms with Gasteiger partial charge in [-0.1, -0.05) is 69.2 Å². The molecule has 4 rings (SSSR count). The maximum atomic E-state index is 10.3. The topological polar surface area (TPSA) is 66.5 Å². The molecule has 0 unspecified atom stereocenters. The van der Waals surface area contributed by atoms with E-state index in [2.05, 4.69) is 88.0 Å². The van der Waals surface area contributed by atoms with E-state index >= 15 is 0 Å². The molecule has 7 nitrogen and oxygen atoms in total. The van der Waals surface area contributed by atoms with Gasteiger partial charge in [-0.25, -0.2) is 0 Å². The third kappa shape index (κ3) is 12.2. The minimum atomic E-state index is -0.177. The van der Waals surface area contributed by atoms with E-state index in [-0.39, 0.29) is 30.1 Å². The molecular weight excluding hydrogens is 590 g/mol. The predicted octanol–water partition coefficient (Wildman–Crippen LogP) is 9.65. The van der Waals surface area contributed by atoms with Crippen molar-refractivity contribution in [3.8, 4) is 0 Å². The van der Waals surface area contributed by atoms with Gasteiger partial charge in [-0.05, 0) is 108 Å². The van der Waals surface area contributed by atoms with E-state index in [0.29, 0.717) is 48.3 Å². The van der Waals surface area contributed by atoms with Gasteiger partial charge in [0.25, 0.3) is 0 Å². The van der Waals surface area contributed by atoms with Crippen LogP contribution in [0.25, 0.3) is 0 Å². The van der Waals surface area contributed by atoms with Crippen molar-refractivity contribution in [2.75, 3.05) is 33.0 Å². The first-order valence-electron chi connectivity index (χ1n) is 19.1. The Labute approximate surface area is 290 Å². The molecule has 47 heavy (non-hydrogen) atoms. The van der Waals surface area contributed by atoms with Crippen molar-refractivity contribution < 1.29 is 28.5 Å². The monoisotopic (exact) mass is 668 g/mol. The Morgan fingerprint density at radius 3 is 1.34 bits per heavy atom. The van der Waals surface area contributed by atoms with E-state index < -0.39 is 0 Å². The smallest absolute Gasteiger partial charge is 0.302 e. The fourth-order valence-electron chi connectivity index (χ4n) is 9.79. The first kappa shape index (κ1) is 42.4. The van der Waals surface area contributed by atoms with Crippen molar-refractivity contribution in [3.05, 3.63) is 0 Å². The standard InChI is InChI=1S/C22H43N.C11H20O4.C7H14O2/c1-16-11-19(3,4)18(20(5,6)12-16)15-23-21(7,8)13-17(2)14-22(23,9)10;1-3-9-12-5-11(6-13-9)7-14-10(4-2)15-8-11;1-4-7(5-2)9-6(3)8/h16-18H,11-15H2,1-10H3;9-10H,3-8H2,1-2H3;7H,4-5H2,1-3H3. The molecule has 1 aliphatic carbocycles. The number of likely N-dealkylation sites (tertiary alicyclic amines) is 1. The van der Waals surface area contributed by atoms with Crippen molar-refractivity contribution in [2.24, 2.45) is 34.0 Å². The van der Waals surface area contributed by atoms with E-state index in [1.165, 1.54) is 39.2 Å². The second-order valence-corrected chi connectivity index (χ2v) is 18.3. The van der Waals surface area contributed by atoms with Crippen LogP contribution in [0, 0.1) is 34.0 Å². The highest BCUT2D eigenvalue weighted by Crippen LogP contribution is 2.55. The quantitative estimate of drug-likeness (QED) is 0.251. The minimum Gasteiger partial charge on any atom is -0.463 e. The summed E-state index contributed by atoms with van der Waals surface area (Å²) in [5.41, 5.74) is 1.44. The van der Waals surface area contributed by atoms with Gasteiger partial charge < -0.3 is 23.7 Å². The average molecular weight is 668 g/mol. The van der Waals surface area contributed by atoms with Gasteiger partial charge in [-0.15, -0.1) is 0 Å². The summed E-state index contributed by atoms with van der Waals surface area (Å²) in [5, 5.41) is 0. The van der Waals surface area contributed by atoms with Crippen molar-refractivity contribution in [2.45, 2.75) is 185 Å². The summed E-state index contributed by atoms with van der Waals surface area (Å²) < 4.78 is 27.3. The van der Waals surface area contributed by atoms with Crippen LogP contribution in [0.3, 0.4) is 0 Å². The Bertz CT molecular complexity index is 823. The van der Waals surface area contributed by atoms with Gasteiger partial charge in [-0.2, -0.15) is 0 Å². The van der Waals surface area contributed by atoms with Gasteiger partial charge >= 0.3 is 5.97 Å². The molecule has 0 aromatic carbocycles. The van der Waals surface area contributed by atoms with E-state index in [0.717, 1.165) is 43.4 Å². The Morgan fingerprint density at radius 1 is 0.681 bits per heavy atom. The maximum absolute atomic E-state index is 10.3. The van der Waals surface area contributed by atoms with Gasteiger partial charge in [0.2, 0.25) is 0 Å². The summed E-state index contributed by atoms with van der Waals surface area (Å²) in [6, 6.07) is 0. The predicted molar refractivity (Wildman–Crippen MR) is 193 cm³/mol. The van der Waals surface area contributed by atoms with Gasteiger partial charge in [0.05, 0.1) is 31.8 Å². The zero-order chi connectivity index (χ0) is 35.8. The highest BCUT2D eigenvalue weighted by atomic mass is 16.7. The van der Waals surface area contributed by atoms with Gasteiger partial charge in [0, 0.05) is 24.5 Å². The summed E-state index contributed by atoms with van der Waals surface area (Å²) in [4.78, 5) is 13.2. The van der Waals surface area contributed by atoms with Crippen LogP contribution in [0.15, 0.2) is 0 Å². The van der Waals surface area contributed by atoms with Gasteiger partial charge in [0.1, 0.15) is 6.10 Å². The number of carbonyl (C=O) groups is 1. The molecule has 1 saturated carbocycles. The first-order chi connectivity index (χ1) is 21.7. The van der Waals surface area contributed by atoms with Crippen molar-refractivity contribution in [3.63, 3.8) is 0 Å². The molecule has 4 aliphatic rings. The Balaban J connectivity index is 0.000000274. The van der Waals surface area contributed by atoms with Crippen LogP contribution < -0.4 is 0 Å². The summed E-state index contributed by atoms with van der Waals surface area (Å²) in [6.07, 6.45) is 9.09. The Morgan fingerprint density at radius 2 is 1.04 bits per heavy atom. The van der Waals surface area contributed by atoms with Crippen molar-refractivity contribution in [1.82, 2.24) is 4.90 Å². The molecule has 3 aliphatic heterocycles. The van der Waals surface area contributed by atoms with E-state index in [1.807, 2.05) is 13.8 Å². The van der Waals surface area contributed by atoms with E-state index in [4.69, 9.17) is 23.7 Å². The Kier molecular flexibility index (Phi) is 15.8. The second kappa shape index (κ2) is 17.5. The summed E-state index contributed by atoms with van der Waals surface area (Å²) in [6.45, 7) is 38.5. The maximum Gasteiger partial charge on any atom is 0.302 e. The van der Waals surface area contributed by atoms with Crippen LogP contribution in [0.4, 0.5) is 0 Å². The van der Waals surface area contributed by atoms with Crippen molar-refractivity contribution in [1.29, 1.82) is 0 Å². The van der Waals surface area contributed by atoms with Crippen LogP contribution in [-0.2, 0) is 28.5 Å². The van der Waals surface area contributed by atoms with E-state index in [1.54, 1.807) is 0 Å². The lowest BCUT2D eigenvalue weighted by Crippen LogP contribution is -2.63. The lowest BCUT2D eigenvalue weighted by molar-refractivity contribution is -0.302. The fraction of sp³-hybridized carbons (Fsp3) is 0.975. The molecule has 0 aromatic rings. The van der Waals surface area contributed by atoms with Crippen LogP contribution in [0.2, 0.25) is 0 Å². The molecule has 0 bridgehead atoms. The SMILES string of the molecule is CC1CC(C)(C)C(CN2C(C)(C)CC(C)CC2(C)C)C(C)(C)C1.CCC(CC)OC(C)=O.CCC1OCC2(CO1)COC(CC)OC2. The summed E-state index contributed by atoms with van der Waals surface area (Å²) in [7, 11) is 0. The molecule has 0 N–H and O–H groups in total. The second-order valence-electron chi connectivity index (χ2n) is 18.3. The number of rotatable bonds is 7. The van der Waals surface area contributed by atoms with Crippen LogP contribution in [0.1, 0.15) is 155 Å². The highest BCUT2D eigenvalue weighted by molar-refractivity contribution is 5.66. The fourth-order valence-corrected chi connectivity index (χ4v) is 9.79. The molecule has 3 saturated heterocycles. The van der Waals surface area contributed by atoms with Gasteiger partial charge in [-0.3, -0.25) is 9.69 Å². The molecule has 1 spiro atoms. The molecule has 0 radical (unpaired) electrons.